The standard InChI is InChI=1S/C25H31N3O5S/c1-26-14-18(12-22(26)29)16-33-21-13-23(30)28-11-10-27(9-8-20(28)24(21)25(31)32-2)15-17-4-6-19(34-3)7-5-17/h4-7,13,18H,8-12,14-16H2,1-3H3. The van der Waals surface area contributed by atoms with Crippen molar-refractivity contribution in [3.63, 3.8) is 0 Å². The number of fused-ring (bicyclic) bond motifs is 1. The molecule has 4 rings (SSSR count). The fourth-order valence-electron chi connectivity index (χ4n) is 4.65. The highest BCUT2D eigenvalue weighted by Gasteiger charge is 2.30. The Kier molecular flexibility index (Phi) is 7.63. The van der Waals surface area contributed by atoms with E-state index < -0.39 is 5.97 Å². The van der Waals surface area contributed by atoms with Crippen LogP contribution in [0.2, 0.25) is 0 Å². The van der Waals surface area contributed by atoms with Crippen LogP contribution in [0.25, 0.3) is 0 Å². The smallest absolute Gasteiger partial charge is 0.343 e. The van der Waals surface area contributed by atoms with E-state index in [1.807, 2.05) is 0 Å². The van der Waals surface area contributed by atoms with Crippen molar-refractivity contribution in [2.45, 2.75) is 30.8 Å². The number of rotatable bonds is 7. The lowest BCUT2D eigenvalue weighted by Crippen LogP contribution is -2.29. The number of hydrogen-bond acceptors (Lipinski definition) is 7. The Morgan fingerprint density at radius 3 is 2.56 bits per heavy atom. The highest BCUT2D eigenvalue weighted by molar-refractivity contribution is 7.98. The van der Waals surface area contributed by atoms with E-state index in [1.165, 1.54) is 23.6 Å². The second kappa shape index (κ2) is 10.7. The van der Waals surface area contributed by atoms with Gasteiger partial charge >= 0.3 is 5.97 Å². The first-order chi connectivity index (χ1) is 16.4. The predicted molar refractivity (Wildman–Crippen MR) is 130 cm³/mol. The van der Waals surface area contributed by atoms with Gasteiger partial charge < -0.3 is 18.9 Å². The summed E-state index contributed by atoms with van der Waals surface area (Å²) in [6, 6.07) is 9.88. The highest BCUT2D eigenvalue weighted by atomic mass is 32.2. The third-order valence-electron chi connectivity index (χ3n) is 6.54. The molecule has 9 heteroatoms. The van der Waals surface area contributed by atoms with Crippen LogP contribution in [0.5, 0.6) is 5.75 Å². The number of amides is 1. The van der Waals surface area contributed by atoms with E-state index >= 15 is 0 Å². The van der Waals surface area contributed by atoms with Crippen LogP contribution in [0.4, 0.5) is 0 Å². The average molecular weight is 486 g/mol. The van der Waals surface area contributed by atoms with Crippen molar-refractivity contribution in [2.75, 3.05) is 46.7 Å². The molecule has 182 valence electrons. The molecular formula is C25H31N3O5S. The van der Waals surface area contributed by atoms with Crippen molar-refractivity contribution in [1.29, 1.82) is 0 Å². The van der Waals surface area contributed by atoms with Crippen LogP contribution in [0.15, 0.2) is 40.0 Å². The lowest BCUT2D eigenvalue weighted by atomic mass is 10.1. The quantitative estimate of drug-likeness (QED) is 0.440. The lowest BCUT2D eigenvalue weighted by Gasteiger charge is -2.19. The summed E-state index contributed by atoms with van der Waals surface area (Å²) in [4.78, 5) is 42.8. The number of carbonyl (C=O) groups excluding carboxylic acids is 2. The molecule has 1 aromatic heterocycles. The summed E-state index contributed by atoms with van der Waals surface area (Å²) in [6.45, 7) is 3.54. The molecule has 1 amide bonds. The number of benzene rings is 1. The lowest BCUT2D eigenvalue weighted by molar-refractivity contribution is -0.126. The fourth-order valence-corrected chi connectivity index (χ4v) is 5.06. The molecular weight excluding hydrogens is 454 g/mol. The predicted octanol–water partition coefficient (Wildman–Crippen LogP) is 2.27. The summed E-state index contributed by atoms with van der Waals surface area (Å²) in [7, 11) is 3.10. The number of methoxy groups -OCH3 is 1. The van der Waals surface area contributed by atoms with Crippen molar-refractivity contribution in [3.05, 3.63) is 57.5 Å². The molecule has 0 aliphatic carbocycles. The summed E-state index contributed by atoms with van der Waals surface area (Å²) in [5.41, 5.74) is 1.98. The molecule has 0 radical (unpaired) electrons. The van der Waals surface area contributed by atoms with Crippen molar-refractivity contribution >= 4 is 23.6 Å². The number of ether oxygens (including phenoxy) is 2. The molecule has 0 N–H and O–H groups in total. The van der Waals surface area contributed by atoms with Gasteiger partial charge in [-0.2, -0.15) is 0 Å². The molecule has 1 aromatic carbocycles. The maximum atomic E-state index is 13.0. The minimum atomic E-state index is -0.514. The molecule has 0 spiro atoms. The summed E-state index contributed by atoms with van der Waals surface area (Å²) < 4.78 is 12.7. The molecule has 1 saturated heterocycles. The summed E-state index contributed by atoms with van der Waals surface area (Å²) in [5, 5.41) is 0. The van der Waals surface area contributed by atoms with E-state index in [1.54, 1.807) is 28.3 Å². The first kappa shape index (κ1) is 24.3. The molecule has 8 nitrogen and oxygen atoms in total. The Bertz CT molecular complexity index is 1110. The molecule has 34 heavy (non-hydrogen) atoms. The normalized spacial score (nSPS) is 18.5. The van der Waals surface area contributed by atoms with Crippen LogP contribution in [-0.2, 0) is 29.0 Å². The number of nitrogens with zero attached hydrogens (tertiary/aromatic N) is 3. The minimum absolute atomic E-state index is 0.0255. The monoisotopic (exact) mass is 485 g/mol. The summed E-state index contributed by atoms with van der Waals surface area (Å²) >= 11 is 1.71. The van der Waals surface area contributed by atoms with E-state index in [9.17, 15) is 14.4 Å². The molecule has 0 saturated carbocycles. The maximum Gasteiger partial charge on any atom is 0.343 e. The number of carbonyl (C=O) groups is 2. The largest absolute Gasteiger partial charge is 0.492 e. The zero-order valence-electron chi connectivity index (χ0n) is 19.9. The number of thioether (sulfide) groups is 1. The van der Waals surface area contributed by atoms with Gasteiger partial charge in [0.25, 0.3) is 5.56 Å². The van der Waals surface area contributed by atoms with Crippen LogP contribution in [0.1, 0.15) is 28.0 Å². The van der Waals surface area contributed by atoms with Crippen LogP contribution in [-0.4, -0.2) is 72.9 Å². The number of aromatic nitrogens is 1. The molecule has 1 fully saturated rings. The Morgan fingerprint density at radius 2 is 1.91 bits per heavy atom. The van der Waals surface area contributed by atoms with E-state index in [-0.39, 0.29) is 29.7 Å². The third-order valence-corrected chi connectivity index (χ3v) is 7.28. The zero-order valence-corrected chi connectivity index (χ0v) is 20.7. The number of esters is 1. The summed E-state index contributed by atoms with van der Waals surface area (Å²) in [5.74, 6) is -0.171. The second-order valence-corrected chi connectivity index (χ2v) is 9.72. The SMILES string of the molecule is COC(=O)c1c(OCC2CC(=O)N(C)C2)cc(=O)n2c1CCN(Cc1ccc(SC)cc1)CC2. The van der Waals surface area contributed by atoms with E-state index in [0.717, 1.165) is 6.54 Å². The molecule has 3 heterocycles. The molecule has 0 bridgehead atoms. The second-order valence-electron chi connectivity index (χ2n) is 8.84. The van der Waals surface area contributed by atoms with Crippen LogP contribution in [0, 0.1) is 5.92 Å². The van der Waals surface area contributed by atoms with Crippen molar-refractivity contribution in [1.82, 2.24) is 14.4 Å². The summed E-state index contributed by atoms with van der Waals surface area (Å²) in [6.07, 6.45) is 2.99. The van der Waals surface area contributed by atoms with Gasteiger partial charge in [-0.25, -0.2) is 4.79 Å². The van der Waals surface area contributed by atoms with Gasteiger partial charge in [0.2, 0.25) is 5.91 Å². The van der Waals surface area contributed by atoms with Gasteiger partial charge in [0.05, 0.1) is 13.7 Å². The Hall–Kier alpha value is -2.78. The number of pyridine rings is 1. The van der Waals surface area contributed by atoms with Crippen molar-refractivity contribution < 1.29 is 19.1 Å². The van der Waals surface area contributed by atoms with Gasteiger partial charge in [0, 0.05) is 75.2 Å². The molecule has 1 atom stereocenters. The first-order valence-electron chi connectivity index (χ1n) is 11.5. The van der Waals surface area contributed by atoms with Crippen LogP contribution < -0.4 is 10.3 Å². The number of likely N-dealkylation sites (tertiary alicyclic amines) is 1. The maximum absolute atomic E-state index is 13.0. The molecule has 2 aliphatic rings. The Balaban J connectivity index is 1.54. The zero-order chi connectivity index (χ0) is 24.2. The molecule has 2 aromatic rings. The van der Waals surface area contributed by atoms with Crippen LogP contribution in [0.3, 0.4) is 0 Å². The topological polar surface area (TPSA) is 81.1 Å². The minimum Gasteiger partial charge on any atom is -0.492 e. The van der Waals surface area contributed by atoms with Gasteiger partial charge in [-0.3, -0.25) is 14.5 Å². The Labute approximate surface area is 203 Å². The first-order valence-corrected chi connectivity index (χ1v) is 12.7. The average Bonchev–Trinajstić information content (AvgIpc) is 3.02. The molecule has 1 unspecified atom stereocenters. The van der Waals surface area contributed by atoms with Crippen LogP contribution >= 0.6 is 11.8 Å². The van der Waals surface area contributed by atoms with Gasteiger partial charge in [0.1, 0.15) is 11.3 Å². The number of hydrogen-bond donors (Lipinski definition) is 0. The third kappa shape index (κ3) is 5.31. The van der Waals surface area contributed by atoms with Crippen molar-refractivity contribution in [2.24, 2.45) is 5.92 Å². The van der Waals surface area contributed by atoms with E-state index in [4.69, 9.17) is 9.47 Å². The van der Waals surface area contributed by atoms with Crippen molar-refractivity contribution in [3.8, 4) is 5.75 Å². The highest BCUT2D eigenvalue weighted by Crippen LogP contribution is 2.26. The molecule has 2 aliphatic heterocycles. The van der Waals surface area contributed by atoms with Gasteiger partial charge in [0.15, 0.2) is 0 Å². The van der Waals surface area contributed by atoms with E-state index in [2.05, 4.69) is 35.4 Å². The van der Waals surface area contributed by atoms with Gasteiger partial charge in [-0.15, -0.1) is 11.8 Å². The van der Waals surface area contributed by atoms with Gasteiger partial charge in [-0.1, -0.05) is 12.1 Å². The Morgan fingerprint density at radius 1 is 1.15 bits per heavy atom. The van der Waals surface area contributed by atoms with E-state index in [0.29, 0.717) is 50.3 Å². The van der Waals surface area contributed by atoms with Gasteiger partial charge in [-0.05, 0) is 24.0 Å². The fraction of sp³-hybridized carbons (Fsp3) is 0.480.